The van der Waals surface area contributed by atoms with Gasteiger partial charge < -0.3 is 10.5 Å². The summed E-state index contributed by atoms with van der Waals surface area (Å²) in [5, 5.41) is 0. The predicted octanol–water partition coefficient (Wildman–Crippen LogP) is 2.04. The number of halogens is 1. The molecule has 0 saturated carbocycles. The molecule has 0 spiro atoms. The summed E-state index contributed by atoms with van der Waals surface area (Å²) < 4.78 is 18.8. The van der Waals surface area contributed by atoms with Crippen LogP contribution in [0.5, 0.6) is 5.75 Å². The van der Waals surface area contributed by atoms with Gasteiger partial charge in [0.05, 0.1) is 6.61 Å². The summed E-state index contributed by atoms with van der Waals surface area (Å²) in [6.07, 6.45) is 2.39. The summed E-state index contributed by atoms with van der Waals surface area (Å²) in [4.78, 5) is 0. The fourth-order valence-corrected chi connectivity index (χ4v) is 1.92. The third-order valence-electron chi connectivity index (χ3n) is 2.83. The highest BCUT2D eigenvalue weighted by Gasteiger charge is 2.18. The molecule has 2 rings (SSSR count). The van der Waals surface area contributed by atoms with Gasteiger partial charge in [-0.25, -0.2) is 4.39 Å². The Morgan fingerprint density at radius 2 is 2.33 bits per heavy atom. The molecular formula is C12H16FNO. The average molecular weight is 209 g/mol. The van der Waals surface area contributed by atoms with Gasteiger partial charge in [-0.2, -0.15) is 0 Å². The van der Waals surface area contributed by atoms with Crippen molar-refractivity contribution in [2.45, 2.75) is 32.2 Å². The van der Waals surface area contributed by atoms with E-state index in [0.717, 1.165) is 29.7 Å². The molecule has 1 aliphatic rings. The monoisotopic (exact) mass is 209 g/mol. The molecule has 1 heterocycles. The van der Waals surface area contributed by atoms with Crippen molar-refractivity contribution in [2.24, 2.45) is 5.73 Å². The second kappa shape index (κ2) is 4.19. The predicted molar refractivity (Wildman–Crippen MR) is 57.6 cm³/mol. The van der Waals surface area contributed by atoms with Crippen LogP contribution in [0.25, 0.3) is 0 Å². The van der Waals surface area contributed by atoms with Gasteiger partial charge in [0, 0.05) is 18.0 Å². The molecule has 0 bridgehead atoms. The van der Waals surface area contributed by atoms with E-state index in [0.29, 0.717) is 13.0 Å². The van der Waals surface area contributed by atoms with Gasteiger partial charge >= 0.3 is 0 Å². The van der Waals surface area contributed by atoms with E-state index >= 15 is 0 Å². The Hall–Kier alpha value is -1.09. The zero-order valence-corrected chi connectivity index (χ0v) is 8.92. The molecule has 82 valence electrons. The summed E-state index contributed by atoms with van der Waals surface area (Å²) >= 11 is 0. The molecule has 1 unspecified atom stereocenters. The first-order valence-corrected chi connectivity index (χ1v) is 5.40. The molecule has 0 aromatic heterocycles. The van der Waals surface area contributed by atoms with E-state index in [-0.39, 0.29) is 11.9 Å². The fourth-order valence-electron chi connectivity index (χ4n) is 1.92. The maximum atomic E-state index is 13.3. The minimum absolute atomic E-state index is 0.0834. The molecule has 2 nitrogen and oxygen atoms in total. The molecule has 1 aromatic carbocycles. The zero-order valence-electron chi connectivity index (χ0n) is 8.92. The summed E-state index contributed by atoms with van der Waals surface area (Å²) in [5.74, 6) is 0.679. The lowest BCUT2D eigenvalue weighted by Crippen LogP contribution is -2.21. The Balaban J connectivity index is 2.30. The highest BCUT2D eigenvalue weighted by molar-refractivity contribution is 5.44. The van der Waals surface area contributed by atoms with Crippen LogP contribution in [0.1, 0.15) is 24.5 Å². The van der Waals surface area contributed by atoms with Crippen LogP contribution in [0.2, 0.25) is 0 Å². The molecular weight excluding hydrogens is 193 g/mol. The van der Waals surface area contributed by atoms with Crippen LogP contribution in [-0.4, -0.2) is 12.6 Å². The van der Waals surface area contributed by atoms with Crippen LogP contribution in [0.15, 0.2) is 12.1 Å². The van der Waals surface area contributed by atoms with Crippen molar-refractivity contribution in [1.82, 2.24) is 0 Å². The van der Waals surface area contributed by atoms with E-state index in [4.69, 9.17) is 10.5 Å². The van der Waals surface area contributed by atoms with E-state index in [9.17, 15) is 4.39 Å². The number of ether oxygens (including phenoxy) is 1. The van der Waals surface area contributed by atoms with Crippen LogP contribution in [0, 0.1) is 5.82 Å². The Morgan fingerprint density at radius 1 is 1.53 bits per heavy atom. The molecule has 0 saturated heterocycles. The standard InChI is InChI=1S/C12H16FNO/c1-2-11(14)7-9-6-10(13)5-8-3-4-15-12(8)9/h5-6,11H,2-4,7,14H2,1H3. The second-order valence-electron chi connectivity index (χ2n) is 4.02. The number of fused-ring (bicyclic) bond motifs is 1. The average Bonchev–Trinajstić information content (AvgIpc) is 2.65. The van der Waals surface area contributed by atoms with Gasteiger partial charge in [0.2, 0.25) is 0 Å². The lowest BCUT2D eigenvalue weighted by atomic mass is 10.0. The minimum Gasteiger partial charge on any atom is -0.493 e. The molecule has 0 amide bonds. The summed E-state index contributed by atoms with van der Waals surface area (Å²) in [7, 11) is 0. The quantitative estimate of drug-likeness (QED) is 0.826. The molecule has 3 heteroatoms. The maximum absolute atomic E-state index is 13.3. The first kappa shape index (κ1) is 10.4. The van der Waals surface area contributed by atoms with Gasteiger partial charge in [-0.05, 0) is 30.5 Å². The third-order valence-corrected chi connectivity index (χ3v) is 2.83. The molecule has 0 radical (unpaired) electrons. The number of hydrogen-bond acceptors (Lipinski definition) is 2. The molecule has 1 aromatic rings. The van der Waals surface area contributed by atoms with Gasteiger partial charge in [-0.3, -0.25) is 0 Å². The molecule has 15 heavy (non-hydrogen) atoms. The van der Waals surface area contributed by atoms with Crippen LogP contribution >= 0.6 is 0 Å². The van der Waals surface area contributed by atoms with Crippen LogP contribution in [-0.2, 0) is 12.8 Å². The summed E-state index contributed by atoms with van der Waals surface area (Å²) in [6, 6.07) is 3.18. The van der Waals surface area contributed by atoms with Crippen molar-refractivity contribution in [3.8, 4) is 5.75 Å². The highest BCUT2D eigenvalue weighted by atomic mass is 19.1. The van der Waals surface area contributed by atoms with E-state index in [2.05, 4.69) is 0 Å². The minimum atomic E-state index is -0.183. The summed E-state index contributed by atoms with van der Waals surface area (Å²) in [6.45, 7) is 2.69. The van der Waals surface area contributed by atoms with E-state index in [1.54, 1.807) is 12.1 Å². The van der Waals surface area contributed by atoms with Gasteiger partial charge in [0.1, 0.15) is 11.6 Å². The Morgan fingerprint density at radius 3 is 3.07 bits per heavy atom. The molecule has 1 atom stereocenters. The van der Waals surface area contributed by atoms with Crippen molar-refractivity contribution in [3.63, 3.8) is 0 Å². The summed E-state index contributed by atoms with van der Waals surface area (Å²) in [5.41, 5.74) is 7.76. The van der Waals surface area contributed by atoms with Gasteiger partial charge in [-0.1, -0.05) is 6.92 Å². The number of nitrogens with two attached hydrogens (primary N) is 1. The number of hydrogen-bond donors (Lipinski definition) is 1. The lowest BCUT2D eigenvalue weighted by Gasteiger charge is -2.12. The smallest absolute Gasteiger partial charge is 0.126 e. The Labute approximate surface area is 89.2 Å². The largest absolute Gasteiger partial charge is 0.493 e. The lowest BCUT2D eigenvalue weighted by molar-refractivity contribution is 0.352. The molecule has 2 N–H and O–H groups in total. The van der Waals surface area contributed by atoms with Crippen molar-refractivity contribution in [2.75, 3.05) is 6.61 Å². The SMILES string of the molecule is CCC(N)Cc1cc(F)cc2c1OCC2. The van der Waals surface area contributed by atoms with Gasteiger partial charge in [0.25, 0.3) is 0 Å². The fraction of sp³-hybridized carbons (Fsp3) is 0.500. The number of rotatable bonds is 3. The van der Waals surface area contributed by atoms with Crippen LogP contribution in [0.3, 0.4) is 0 Å². The topological polar surface area (TPSA) is 35.2 Å². The third kappa shape index (κ3) is 2.12. The van der Waals surface area contributed by atoms with E-state index in [1.807, 2.05) is 6.92 Å². The van der Waals surface area contributed by atoms with Crippen molar-refractivity contribution in [1.29, 1.82) is 0 Å². The second-order valence-corrected chi connectivity index (χ2v) is 4.02. The van der Waals surface area contributed by atoms with Gasteiger partial charge in [-0.15, -0.1) is 0 Å². The number of benzene rings is 1. The zero-order chi connectivity index (χ0) is 10.8. The van der Waals surface area contributed by atoms with Gasteiger partial charge in [0.15, 0.2) is 0 Å². The first-order valence-electron chi connectivity index (χ1n) is 5.40. The van der Waals surface area contributed by atoms with Crippen LogP contribution in [0.4, 0.5) is 4.39 Å². The normalized spacial score (nSPS) is 15.9. The van der Waals surface area contributed by atoms with Crippen molar-refractivity contribution < 1.29 is 9.13 Å². The Kier molecular flexibility index (Phi) is 2.91. The molecule has 0 fully saturated rings. The molecule has 1 aliphatic heterocycles. The molecule has 0 aliphatic carbocycles. The Bertz CT molecular complexity index is 365. The first-order chi connectivity index (χ1) is 7.20. The maximum Gasteiger partial charge on any atom is 0.126 e. The van der Waals surface area contributed by atoms with Crippen molar-refractivity contribution in [3.05, 3.63) is 29.1 Å². The van der Waals surface area contributed by atoms with E-state index < -0.39 is 0 Å². The van der Waals surface area contributed by atoms with Crippen LogP contribution < -0.4 is 10.5 Å². The van der Waals surface area contributed by atoms with Crippen molar-refractivity contribution >= 4 is 0 Å². The highest BCUT2D eigenvalue weighted by Crippen LogP contribution is 2.31. The van der Waals surface area contributed by atoms with E-state index in [1.165, 1.54) is 0 Å².